The Morgan fingerprint density at radius 2 is 2.33 bits per heavy atom. The van der Waals surface area contributed by atoms with Gasteiger partial charge in [0.25, 0.3) is 5.91 Å². The van der Waals surface area contributed by atoms with Gasteiger partial charge < -0.3 is 4.90 Å². The summed E-state index contributed by atoms with van der Waals surface area (Å²) in [5.41, 5.74) is -0.540. The lowest BCUT2D eigenvalue weighted by Gasteiger charge is -2.16. The van der Waals surface area contributed by atoms with Crippen LogP contribution in [-0.4, -0.2) is 27.8 Å². The minimum atomic E-state index is -0.696. The summed E-state index contributed by atoms with van der Waals surface area (Å²) < 4.78 is 0.932. The first kappa shape index (κ1) is 15.9. The Labute approximate surface area is 137 Å². The number of pyridine rings is 1. The summed E-state index contributed by atoms with van der Waals surface area (Å²) >= 11 is 10.5. The van der Waals surface area contributed by atoms with E-state index in [0.29, 0.717) is 6.54 Å². The van der Waals surface area contributed by atoms with Crippen LogP contribution in [0.5, 0.6) is 0 Å². The zero-order valence-electron chi connectivity index (χ0n) is 10.7. The van der Waals surface area contributed by atoms with E-state index in [0.717, 1.165) is 9.35 Å². The molecule has 0 spiro atoms. The third-order valence-corrected chi connectivity index (χ3v) is 4.61. The number of amides is 1. The van der Waals surface area contributed by atoms with Gasteiger partial charge in [-0.15, -0.1) is 11.3 Å². The molecule has 0 aliphatic carbocycles. The van der Waals surface area contributed by atoms with E-state index in [1.807, 2.05) is 11.4 Å². The molecule has 0 saturated carbocycles. The van der Waals surface area contributed by atoms with E-state index in [1.54, 1.807) is 7.05 Å². The molecule has 0 aromatic carbocycles. The molecule has 0 bridgehead atoms. The molecule has 2 heterocycles. The van der Waals surface area contributed by atoms with Crippen molar-refractivity contribution in [1.29, 1.82) is 0 Å². The zero-order valence-corrected chi connectivity index (χ0v) is 13.9. The summed E-state index contributed by atoms with van der Waals surface area (Å²) in [7, 11) is 1.58. The summed E-state index contributed by atoms with van der Waals surface area (Å²) in [5, 5.41) is 12.6. The molecule has 21 heavy (non-hydrogen) atoms. The zero-order chi connectivity index (χ0) is 15.6. The van der Waals surface area contributed by atoms with E-state index < -0.39 is 16.5 Å². The van der Waals surface area contributed by atoms with Gasteiger partial charge >= 0.3 is 5.69 Å². The number of thiophene rings is 1. The van der Waals surface area contributed by atoms with E-state index in [-0.39, 0.29) is 10.7 Å². The molecule has 0 aliphatic rings. The summed E-state index contributed by atoms with van der Waals surface area (Å²) in [6, 6.07) is 3.19. The maximum absolute atomic E-state index is 12.4. The van der Waals surface area contributed by atoms with Crippen molar-refractivity contribution in [2.45, 2.75) is 6.54 Å². The topological polar surface area (TPSA) is 76.3 Å². The Balaban J connectivity index is 2.27. The van der Waals surface area contributed by atoms with Gasteiger partial charge in [-0.2, -0.15) is 0 Å². The molecule has 0 radical (unpaired) electrons. The number of hydrogen-bond donors (Lipinski definition) is 0. The van der Waals surface area contributed by atoms with Crippen LogP contribution in [-0.2, 0) is 6.54 Å². The fourth-order valence-corrected chi connectivity index (χ4v) is 3.45. The molecule has 6 nitrogen and oxygen atoms in total. The molecule has 0 unspecified atom stereocenters. The average molecular weight is 391 g/mol. The third kappa shape index (κ3) is 3.58. The minimum Gasteiger partial charge on any atom is -0.336 e. The van der Waals surface area contributed by atoms with E-state index in [1.165, 1.54) is 28.5 Å². The van der Waals surface area contributed by atoms with Gasteiger partial charge in [-0.25, -0.2) is 4.98 Å². The number of aromatic nitrogens is 1. The van der Waals surface area contributed by atoms with Crippen molar-refractivity contribution < 1.29 is 9.72 Å². The number of halogens is 2. The number of hydrogen-bond acceptors (Lipinski definition) is 5. The smallest absolute Gasteiger partial charge is 0.319 e. The second-order valence-electron chi connectivity index (χ2n) is 4.15. The van der Waals surface area contributed by atoms with Crippen molar-refractivity contribution in [3.05, 3.63) is 53.9 Å². The Kier molecular flexibility index (Phi) is 4.92. The van der Waals surface area contributed by atoms with Crippen LogP contribution in [0.4, 0.5) is 5.69 Å². The van der Waals surface area contributed by atoms with Gasteiger partial charge in [0.15, 0.2) is 0 Å². The SMILES string of the molecule is CN(Cc1cc(Br)cs1)C(=O)c1ccnc(Cl)c1[N+](=O)[O-]. The van der Waals surface area contributed by atoms with E-state index >= 15 is 0 Å². The van der Waals surface area contributed by atoms with Crippen LogP contribution in [0.3, 0.4) is 0 Å². The highest BCUT2D eigenvalue weighted by Crippen LogP contribution is 2.28. The van der Waals surface area contributed by atoms with E-state index in [2.05, 4.69) is 20.9 Å². The summed E-state index contributed by atoms with van der Waals surface area (Å²) in [4.78, 5) is 28.7. The Bertz CT molecular complexity index is 707. The van der Waals surface area contributed by atoms with Crippen molar-refractivity contribution in [2.24, 2.45) is 0 Å². The van der Waals surface area contributed by atoms with Crippen molar-refractivity contribution in [3.8, 4) is 0 Å². The maximum Gasteiger partial charge on any atom is 0.319 e. The second-order valence-corrected chi connectivity index (χ2v) is 6.42. The van der Waals surface area contributed by atoms with Gasteiger partial charge in [0.2, 0.25) is 5.15 Å². The van der Waals surface area contributed by atoms with Crippen LogP contribution in [0.25, 0.3) is 0 Å². The van der Waals surface area contributed by atoms with Crippen molar-refractivity contribution in [2.75, 3.05) is 7.05 Å². The Hall–Kier alpha value is -1.51. The van der Waals surface area contributed by atoms with Gasteiger partial charge in [0.1, 0.15) is 5.56 Å². The monoisotopic (exact) mass is 389 g/mol. The molecule has 1 amide bonds. The molecule has 2 rings (SSSR count). The number of rotatable bonds is 4. The van der Waals surface area contributed by atoms with Crippen LogP contribution in [0.1, 0.15) is 15.2 Å². The fraction of sp³-hybridized carbons (Fsp3) is 0.167. The highest BCUT2D eigenvalue weighted by atomic mass is 79.9. The predicted molar refractivity (Wildman–Crippen MR) is 83.7 cm³/mol. The molecular formula is C12H9BrClN3O3S. The van der Waals surface area contributed by atoms with Gasteiger partial charge in [-0.3, -0.25) is 14.9 Å². The lowest BCUT2D eigenvalue weighted by Crippen LogP contribution is -2.26. The highest BCUT2D eigenvalue weighted by Gasteiger charge is 2.27. The molecule has 0 aliphatic heterocycles. The first-order chi connectivity index (χ1) is 9.90. The minimum absolute atomic E-state index is 0.0712. The third-order valence-electron chi connectivity index (χ3n) is 2.65. The Morgan fingerprint density at radius 3 is 2.90 bits per heavy atom. The highest BCUT2D eigenvalue weighted by molar-refractivity contribution is 9.10. The second kappa shape index (κ2) is 6.50. The number of nitro groups is 1. The summed E-state index contributed by atoms with van der Waals surface area (Å²) in [6.07, 6.45) is 1.28. The average Bonchev–Trinajstić information content (AvgIpc) is 2.82. The molecule has 110 valence electrons. The number of carbonyl (C=O) groups is 1. The summed E-state index contributed by atoms with van der Waals surface area (Å²) in [5.74, 6) is -0.476. The molecule has 0 saturated heterocycles. The fourth-order valence-electron chi connectivity index (χ4n) is 1.72. The van der Waals surface area contributed by atoms with Crippen LogP contribution in [0, 0.1) is 10.1 Å². The van der Waals surface area contributed by atoms with Crippen molar-refractivity contribution >= 4 is 50.5 Å². The van der Waals surface area contributed by atoms with Gasteiger partial charge in [-0.1, -0.05) is 11.6 Å². The Morgan fingerprint density at radius 1 is 1.62 bits per heavy atom. The number of carbonyl (C=O) groups excluding carboxylic acids is 1. The van der Waals surface area contributed by atoms with Gasteiger partial charge in [0, 0.05) is 28.0 Å². The van der Waals surface area contributed by atoms with Gasteiger partial charge in [-0.05, 0) is 28.1 Å². The normalized spacial score (nSPS) is 10.4. The molecule has 2 aromatic heterocycles. The summed E-state index contributed by atoms with van der Waals surface area (Å²) in [6.45, 7) is 0.353. The predicted octanol–water partition coefficient (Wildman–Crippen LogP) is 3.74. The van der Waals surface area contributed by atoms with Crippen LogP contribution >= 0.6 is 38.9 Å². The van der Waals surface area contributed by atoms with E-state index in [4.69, 9.17) is 11.6 Å². The quantitative estimate of drug-likeness (QED) is 0.453. The standard InChI is InChI=1S/C12H9BrClN3O3S/c1-16(5-8-4-7(13)6-21-8)12(18)9-2-3-15-11(14)10(9)17(19)20/h2-4,6H,5H2,1H3. The molecule has 2 aromatic rings. The van der Waals surface area contributed by atoms with Crippen molar-refractivity contribution in [3.63, 3.8) is 0 Å². The molecular weight excluding hydrogens is 382 g/mol. The lowest BCUT2D eigenvalue weighted by molar-refractivity contribution is -0.385. The number of nitrogens with zero attached hydrogens (tertiary/aromatic N) is 3. The first-order valence-corrected chi connectivity index (χ1v) is 7.72. The lowest BCUT2D eigenvalue weighted by atomic mass is 10.2. The molecule has 0 N–H and O–H groups in total. The molecule has 9 heteroatoms. The van der Waals surface area contributed by atoms with Crippen LogP contribution in [0.15, 0.2) is 28.2 Å². The van der Waals surface area contributed by atoms with Crippen molar-refractivity contribution in [1.82, 2.24) is 9.88 Å². The van der Waals surface area contributed by atoms with E-state index in [9.17, 15) is 14.9 Å². The van der Waals surface area contributed by atoms with Crippen LogP contribution in [0.2, 0.25) is 5.15 Å². The van der Waals surface area contributed by atoms with Gasteiger partial charge in [0.05, 0.1) is 11.5 Å². The molecule has 0 atom stereocenters. The first-order valence-electron chi connectivity index (χ1n) is 5.67. The maximum atomic E-state index is 12.4. The van der Waals surface area contributed by atoms with Crippen LogP contribution < -0.4 is 0 Å². The largest absolute Gasteiger partial charge is 0.336 e. The molecule has 0 fully saturated rings.